The number of nitrogens with two attached hydrogens (primary N) is 1. The molecule has 3 aromatic heterocycles. The molecule has 0 saturated carbocycles. The fraction of sp³-hybridized carbons (Fsp3) is 0.172. The number of anilines is 2. The summed E-state index contributed by atoms with van der Waals surface area (Å²) in [6.07, 6.45) is 3.67. The van der Waals surface area contributed by atoms with Crippen molar-refractivity contribution in [2.24, 2.45) is 0 Å². The second kappa shape index (κ2) is 9.26. The number of nitrogen functional groups attached to an aromatic ring is 1. The third-order valence-electron chi connectivity index (χ3n) is 6.09. The zero-order chi connectivity index (χ0) is 25.3. The first-order valence-corrected chi connectivity index (χ1v) is 11.8. The highest BCUT2D eigenvalue weighted by atomic mass is 16.1. The molecule has 0 aliphatic heterocycles. The number of pyridine rings is 2. The van der Waals surface area contributed by atoms with Crippen molar-refractivity contribution < 1.29 is 4.79 Å². The van der Waals surface area contributed by atoms with E-state index in [1.165, 1.54) is 5.56 Å². The highest BCUT2D eigenvalue weighted by Gasteiger charge is 2.18. The zero-order valence-electron chi connectivity index (χ0n) is 20.6. The minimum atomic E-state index is -0.0650. The predicted molar refractivity (Wildman–Crippen MR) is 144 cm³/mol. The van der Waals surface area contributed by atoms with Crippen LogP contribution in [0.3, 0.4) is 0 Å². The van der Waals surface area contributed by atoms with Gasteiger partial charge in [0.05, 0.1) is 12.0 Å². The van der Waals surface area contributed by atoms with Crippen molar-refractivity contribution in [3.8, 4) is 17.1 Å². The van der Waals surface area contributed by atoms with Crippen LogP contribution >= 0.6 is 0 Å². The standard InChI is InChI=1S/C29H28N6O/c1-29(2,3)20-10-12-21(13-11-20)33-25(36)18-19-8-14-22(15-9-19)35-27(23-6-4-16-31-26(23)30)34-24-7-5-17-32-28(24)35/h4-17H,18H2,1-3H3,(H2,30,31)(H,33,36). The number of hydrogen-bond acceptors (Lipinski definition) is 5. The van der Waals surface area contributed by atoms with Gasteiger partial charge in [0.25, 0.3) is 0 Å². The lowest BCUT2D eigenvalue weighted by Crippen LogP contribution is -2.15. The molecule has 0 radical (unpaired) electrons. The third-order valence-corrected chi connectivity index (χ3v) is 6.09. The van der Waals surface area contributed by atoms with Crippen LogP contribution in [0.4, 0.5) is 11.5 Å². The van der Waals surface area contributed by atoms with E-state index in [-0.39, 0.29) is 17.7 Å². The molecule has 0 fully saturated rings. The van der Waals surface area contributed by atoms with Crippen LogP contribution in [0.5, 0.6) is 0 Å². The summed E-state index contributed by atoms with van der Waals surface area (Å²) >= 11 is 0. The van der Waals surface area contributed by atoms with E-state index in [0.717, 1.165) is 33.7 Å². The summed E-state index contributed by atoms with van der Waals surface area (Å²) in [4.78, 5) is 26.2. The average molecular weight is 477 g/mol. The first-order valence-electron chi connectivity index (χ1n) is 11.8. The largest absolute Gasteiger partial charge is 0.383 e. The van der Waals surface area contributed by atoms with E-state index in [0.29, 0.717) is 11.6 Å². The summed E-state index contributed by atoms with van der Waals surface area (Å²) in [6, 6.07) is 23.3. The van der Waals surface area contributed by atoms with E-state index in [4.69, 9.17) is 10.7 Å². The van der Waals surface area contributed by atoms with Crippen LogP contribution in [0.2, 0.25) is 0 Å². The normalized spacial score (nSPS) is 11.5. The zero-order valence-corrected chi connectivity index (χ0v) is 20.6. The van der Waals surface area contributed by atoms with Crippen molar-refractivity contribution >= 4 is 28.6 Å². The molecule has 7 heteroatoms. The molecule has 0 atom stereocenters. The smallest absolute Gasteiger partial charge is 0.228 e. The Hall–Kier alpha value is -4.52. The maximum absolute atomic E-state index is 12.7. The lowest BCUT2D eigenvalue weighted by molar-refractivity contribution is -0.115. The van der Waals surface area contributed by atoms with Crippen molar-refractivity contribution in [2.75, 3.05) is 11.1 Å². The van der Waals surface area contributed by atoms with Crippen LogP contribution in [-0.2, 0) is 16.6 Å². The van der Waals surface area contributed by atoms with Gasteiger partial charge in [0.15, 0.2) is 11.5 Å². The molecule has 3 N–H and O–H groups in total. The van der Waals surface area contributed by atoms with Crippen LogP contribution in [0, 0.1) is 0 Å². The summed E-state index contributed by atoms with van der Waals surface area (Å²) in [7, 11) is 0. The SMILES string of the molecule is CC(C)(C)c1ccc(NC(=O)Cc2ccc(-n3c(-c4cccnc4N)nc4cccnc43)cc2)cc1. The molecule has 1 amide bonds. The second-order valence-corrected chi connectivity index (χ2v) is 9.77. The van der Waals surface area contributed by atoms with E-state index in [1.807, 2.05) is 65.2 Å². The molecule has 0 saturated heterocycles. The maximum atomic E-state index is 12.7. The number of aromatic nitrogens is 4. The molecule has 5 rings (SSSR count). The quantitative estimate of drug-likeness (QED) is 0.347. The van der Waals surface area contributed by atoms with Crippen LogP contribution in [0.25, 0.3) is 28.2 Å². The summed E-state index contributed by atoms with van der Waals surface area (Å²) in [5, 5.41) is 2.99. The number of fused-ring (bicyclic) bond motifs is 1. The van der Waals surface area contributed by atoms with Gasteiger partial charge in [0, 0.05) is 23.8 Å². The molecule has 0 bridgehead atoms. The number of carbonyl (C=O) groups excluding carboxylic acids is 1. The first-order chi connectivity index (χ1) is 17.3. The number of benzene rings is 2. The summed E-state index contributed by atoms with van der Waals surface area (Å²) in [5.74, 6) is 1.00. The minimum Gasteiger partial charge on any atom is -0.383 e. The van der Waals surface area contributed by atoms with Gasteiger partial charge in [-0.3, -0.25) is 9.36 Å². The van der Waals surface area contributed by atoms with Gasteiger partial charge in [-0.15, -0.1) is 0 Å². The monoisotopic (exact) mass is 476 g/mol. The average Bonchev–Trinajstić information content (AvgIpc) is 3.24. The Bertz CT molecular complexity index is 1530. The number of carbonyl (C=O) groups is 1. The fourth-order valence-electron chi connectivity index (χ4n) is 4.15. The highest BCUT2D eigenvalue weighted by molar-refractivity contribution is 5.92. The van der Waals surface area contributed by atoms with Crippen molar-refractivity contribution in [2.45, 2.75) is 32.6 Å². The number of nitrogens with zero attached hydrogens (tertiary/aromatic N) is 4. The van der Waals surface area contributed by atoms with Crippen molar-refractivity contribution in [3.63, 3.8) is 0 Å². The van der Waals surface area contributed by atoms with E-state index < -0.39 is 0 Å². The molecule has 7 nitrogen and oxygen atoms in total. The first kappa shape index (κ1) is 23.2. The van der Waals surface area contributed by atoms with Crippen LogP contribution < -0.4 is 11.1 Å². The van der Waals surface area contributed by atoms with Gasteiger partial charge in [-0.05, 0) is 65.1 Å². The lowest BCUT2D eigenvalue weighted by Gasteiger charge is -2.19. The summed E-state index contributed by atoms with van der Waals surface area (Å²) in [5.41, 5.74) is 12.2. The Balaban J connectivity index is 1.38. The van der Waals surface area contributed by atoms with Gasteiger partial charge in [0.1, 0.15) is 11.3 Å². The molecule has 0 aliphatic rings. The van der Waals surface area contributed by atoms with Crippen LogP contribution in [0.15, 0.2) is 85.2 Å². The number of amides is 1. The molecular weight excluding hydrogens is 448 g/mol. The Morgan fingerprint density at radius 3 is 2.31 bits per heavy atom. The molecule has 0 aliphatic carbocycles. The van der Waals surface area contributed by atoms with E-state index in [1.54, 1.807) is 12.4 Å². The maximum Gasteiger partial charge on any atom is 0.228 e. The minimum absolute atomic E-state index is 0.0650. The summed E-state index contributed by atoms with van der Waals surface area (Å²) < 4.78 is 1.96. The van der Waals surface area contributed by atoms with E-state index in [2.05, 4.69) is 48.2 Å². The van der Waals surface area contributed by atoms with Crippen molar-refractivity contribution in [1.29, 1.82) is 0 Å². The van der Waals surface area contributed by atoms with Gasteiger partial charge in [-0.1, -0.05) is 45.0 Å². The van der Waals surface area contributed by atoms with Gasteiger partial charge in [-0.2, -0.15) is 0 Å². The predicted octanol–water partition coefficient (Wildman–Crippen LogP) is 5.54. The summed E-state index contributed by atoms with van der Waals surface area (Å²) in [6.45, 7) is 6.50. The van der Waals surface area contributed by atoms with Gasteiger partial charge >= 0.3 is 0 Å². The Labute approximate surface area is 210 Å². The molecule has 3 heterocycles. The second-order valence-electron chi connectivity index (χ2n) is 9.77. The molecular formula is C29H28N6O. The third kappa shape index (κ3) is 4.68. The fourth-order valence-corrected chi connectivity index (χ4v) is 4.15. The molecule has 2 aromatic carbocycles. The lowest BCUT2D eigenvalue weighted by atomic mass is 9.87. The van der Waals surface area contributed by atoms with Crippen LogP contribution in [-0.4, -0.2) is 25.4 Å². The van der Waals surface area contributed by atoms with Crippen molar-refractivity contribution in [1.82, 2.24) is 19.5 Å². The Morgan fingerprint density at radius 1 is 0.917 bits per heavy atom. The van der Waals surface area contributed by atoms with Crippen molar-refractivity contribution in [3.05, 3.63) is 96.3 Å². The number of imidazole rings is 1. The molecule has 0 spiro atoms. The highest BCUT2D eigenvalue weighted by Crippen LogP contribution is 2.30. The number of nitrogens with one attached hydrogen (secondary N) is 1. The molecule has 5 aromatic rings. The van der Waals surface area contributed by atoms with E-state index in [9.17, 15) is 4.79 Å². The molecule has 180 valence electrons. The Morgan fingerprint density at radius 2 is 1.61 bits per heavy atom. The number of rotatable bonds is 5. The van der Waals surface area contributed by atoms with Gasteiger partial charge < -0.3 is 11.1 Å². The van der Waals surface area contributed by atoms with Gasteiger partial charge in [-0.25, -0.2) is 15.0 Å². The topological polar surface area (TPSA) is 98.7 Å². The van der Waals surface area contributed by atoms with E-state index >= 15 is 0 Å². The van der Waals surface area contributed by atoms with Gasteiger partial charge in [0.2, 0.25) is 5.91 Å². The van der Waals surface area contributed by atoms with Crippen LogP contribution in [0.1, 0.15) is 31.9 Å². The molecule has 36 heavy (non-hydrogen) atoms. The number of hydrogen-bond donors (Lipinski definition) is 2. The molecule has 0 unspecified atom stereocenters. The Kier molecular flexibility index (Phi) is 5.98.